The molecule has 0 radical (unpaired) electrons. The summed E-state index contributed by atoms with van der Waals surface area (Å²) < 4.78 is 74.5. The van der Waals surface area contributed by atoms with Crippen LogP contribution < -0.4 is 10.6 Å². The molecule has 0 aromatic heterocycles. The normalized spacial score (nSPS) is 28.0. The summed E-state index contributed by atoms with van der Waals surface area (Å²) in [5.41, 5.74) is 2.73. The van der Waals surface area contributed by atoms with Gasteiger partial charge in [0.05, 0.1) is 32.3 Å². The van der Waals surface area contributed by atoms with Gasteiger partial charge in [0.2, 0.25) is 23.6 Å². The second kappa shape index (κ2) is 22.3. The van der Waals surface area contributed by atoms with Crippen molar-refractivity contribution in [2.75, 3.05) is 44.2 Å². The maximum atomic E-state index is 13.0. The van der Waals surface area contributed by atoms with Crippen LogP contribution >= 0.6 is 12.4 Å². The standard InChI is InChI=1S/C32H47F5O3S.C11H16N4O4.ClH/c1-30-17-15-26-25-12-11-24(38)21-23(25)20-22(29(26)27(30)13-14-28(30)39)10-7-5-3-2-4-6-8-18-41(40)19-9-16-31(33,34)32(35,36)37;1-7(15-5-10(18)13-11(19)6-15)2-14-3-8(16)12-9(17)4-14;/h11-12,21-22,26-29,38-39H,2-10,13-20H2,1H3;7H,2-6H2,1H3,(H,12,16,17)(H,13,18,19);1H/t22-,26-,27+,28+,29-,30+,41?;7-;/m10./s1. The van der Waals surface area contributed by atoms with E-state index in [9.17, 15) is 55.6 Å². The summed E-state index contributed by atoms with van der Waals surface area (Å²) in [6.45, 7) is 5.25. The Kier molecular flexibility index (Phi) is 18.6. The molecular weight excluding hydrogens is 847 g/mol. The molecule has 1 unspecified atom stereocenters. The van der Waals surface area contributed by atoms with Crippen LogP contribution in [0.3, 0.4) is 0 Å². The summed E-state index contributed by atoms with van der Waals surface area (Å²) >= 11 is 0. The minimum Gasteiger partial charge on any atom is -0.508 e. The Bertz CT molecular complexity index is 1680. The number of rotatable bonds is 17. The van der Waals surface area contributed by atoms with E-state index in [1.54, 1.807) is 9.80 Å². The van der Waals surface area contributed by atoms with Crippen molar-refractivity contribution in [3.8, 4) is 5.75 Å². The number of nitrogens with one attached hydrogen (secondary N) is 2. The molecule has 11 nitrogen and oxygen atoms in total. The van der Waals surface area contributed by atoms with Crippen molar-refractivity contribution in [3.05, 3.63) is 29.3 Å². The van der Waals surface area contributed by atoms with E-state index in [0.29, 0.717) is 48.1 Å². The summed E-state index contributed by atoms with van der Waals surface area (Å²) in [6, 6.07) is 5.83. The maximum Gasteiger partial charge on any atom is 0.453 e. The van der Waals surface area contributed by atoms with Crippen molar-refractivity contribution in [2.24, 2.45) is 23.2 Å². The zero-order valence-electron chi connectivity index (χ0n) is 35.3. The van der Waals surface area contributed by atoms with Crippen LogP contribution in [0.5, 0.6) is 5.75 Å². The third-order valence-electron chi connectivity index (χ3n) is 13.7. The molecule has 1 aromatic rings. The number of piperazine rings is 2. The number of aliphatic hydroxyl groups excluding tert-OH is 1. The molecule has 2 saturated carbocycles. The lowest BCUT2D eigenvalue weighted by Gasteiger charge is -2.53. The number of hydrogen-bond acceptors (Lipinski definition) is 9. The zero-order chi connectivity index (χ0) is 43.8. The van der Waals surface area contributed by atoms with Crippen LogP contribution in [0.25, 0.3) is 0 Å². The lowest BCUT2D eigenvalue weighted by Crippen LogP contribution is -2.58. The molecule has 2 heterocycles. The monoisotopic (exact) mass is 910 g/mol. The number of imide groups is 2. The van der Waals surface area contributed by atoms with Crippen molar-refractivity contribution in [3.63, 3.8) is 0 Å². The highest BCUT2D eigenvalue weighted by molar-refractivity contribution is 7.84. The van der Waals surface area contributed by atoms with Gasteiger partial charge in [0.1, 0.15) is 5.75 Å². The van der Waals surface area contributed by atoms with Gasteiger partial charge in [0, 0.05) is 41.3 Å². The molecule has 6 rings (SSSR count). The van der Waals surface area contributed by atoms with Gasteiger partial charge in [-0.1, -0.05) is 51.5 Å². The molecule has 0 bridgehead atoms. The van der Waals surface area contributed by atoms with E-state index in [1.807, 2.05) is 19.1 Å². The van der Waals surface area contributed by atoms with E-state index in [-0.39, 0.29) is 85.5 Å². The summed E-state index contributed by atoms with van der Waals surface area (Å²) in [5.74, 6) is -3.21. The number of hydrogen-bond donors (Lipinski definition) is 4. The molecule has 8 atom stereocenters. The number of fused-ring (bicyclic) bond motifs is 5. The van der Waals surface area contributed by atoms with Crippen molar-refractivity contribution >= 4 is 46.8 Å². The SMILES string of the molecule is C[C@@H](CN1CC(=O)NC(=O)C1)N1CC(=O)NC(=O)C1.C[C@]12CC[C@@H]3c4ccc(O)cc4C[C@@H](CCCCCCCCCS(=O)CCCC(F)(F)C(F)(F)F)[C@H]3[C@@H]1CC[C@@H]2O.Cl. The number of unbranched alkanes of at least 4 members (excludes halogenated alkanes) is 6. The molecule has 3 aliphatic carbocycles. The molecule has 4 fully saturated rings. The maximum absolute atomic E-state index is 13.0. The van der Waals surface area contributed by atoms with Gasteiger partial charge in [-0.2, -0.15) is 22.0 Å². The van der Waals surface area contributed by atoms with Crippen LogP contribution in [-0.4, -0.2) is 116 Å². The van der Waals surface area contributed by atoms with Crippen LogP contribution in [-0.2, 0) is 36.4 Å². The largest absolute Gasteiger partial charge is 0.508 e. The number of alkyl halides is 5. The number of aliphatic hydroxyl groups is 1. The summed E-state index contributed by atoms with van der Waals surface area (Å²) in [5, 5.41) is 25.4. The Morgan fingerprint density at radius 1 is 0.836 bits per heavy atom. The van der Waals surface area contributed by atoms with Gasteiger partial charge >= 0.3 is 12.1 Å². The van der Waals surface area contributed by atoms with Crippen LogP contribution in [0.15, 0.2) is 18.2 Å². The highest BCUT2D eigenvalue weighted by atomic mass is 35.5. The minimum atomic E-state index is -5.54. The zero-order valence-corrected chi connectivity index (χ0v) is 36.9. The molecule has 1 aromatic carbocycles. The number of nitrogens with zero attached hydrogens (tertiary/aromatic N) is 2. The fourth-order valence-corrected chi connectivity index (χ4v) is 11.8. The van der Waals surface area contributed by atoms with E-state index < -0.39 is 35.7 Å². The number of amides is 4. The van der Waals surface area contributed by atoms with Gasteiger partial charge < -0.3 is 10.2 Å². The van der Waals surface area contributed by atoms with Crippen LogP contribution in [0.4, 0.5) is 22.0 Å². The molecule has 2 aliphatic heterocycles. The number of phenols is 1. The Morgan fingerprint density at radius 3 is 2.03 bits per heavy atom. The summed E-state index contributed by atoms with van der Waals surface area (Å²) in [6.07, 6.45) is 5.97. The third kappa shape index (κ3) is 13.6. The molecule has 61 heavy (non-hydrogen) atoms. The second-order valence-corrected chi connectivity index (χ2v) is 19.8. The van der Waals surface area contributed by atoms with E-state index in [4.69, 9.17) is 0 Å². The first-order valence-corrected chi connectivity index (χ1v) is 23.2. The molecule has 4 amide bonds. The summed E-state index contributed by atoms with van der Waals surface area (Å²) in [7, 11) is -1.35. The van der Waals surface area contributed by atoms with Crippen LogP contribution in [0, 0.1) is 23.2 Å². The highest BCUT2D eigenvalue weighted by Gasteiger charge is 2.57. The number of aromatic hydroxyl groups is 1. The van der Waals surface area contributed by atoms with Gasteiger partial charge in [0.25, 0.3) is 0 Å². The lowest BCUT2D eigenvalue weighted by atomic mass is 9.52. The smallest absolute Gasteiger partial charge is 0.453 e. The molecule has 18 heteroatoms. The van der Waals surface area contributed by atoms with Crippen molar-refractivity contribution in [1.82, 2.24) is 20.4 Å². The van der Waals surface area contributed by atoms with Gasteiger partial charge in [-0.3, -0.25) is 43.8 Å². The first-order valence-electron chi connectivity index (χ1n) is 21.7. The predicted molar refractivity (Wildman–Crippen MR) is 224 cm³/mol. The van der Waals surface area contributed by atoms with Gasteiger partial charge in [-0.15, -0.1) is 12.4 Å². The first-order chi connectivity index (χ1) is 28.3. The van der Waals surface area contributed by atoms with Crippen molar-refractivity contribution in [1.29, 1.82) is 0 Å². The molecule has 2 saturated heterocycles. The van der Waals surface area contributed by atoms with E-state index in [1.165, 1.54) is 11.1 Å². The Morgan fingerprint density at radius 2 is 1.41 bits per heavy atom. The van der Waals surface area contributed by atoms with Crippen LogP contribution in [0.2, 0.25) is 0 Å². The highest BCUT2D eigenvalue weighted by Crippen LogP contribution is 2.62. The molecule has 5 aliphatic rings. The number of phenolic OH excluding ortho intramolecular Hbond substituents is 1. The second-order valence-electron chi connectivity index (χ2n) is 18.1. The van der Waals surface area contributed by atoms with Crippen molar-refractivity contribution < 1.29 is 55.6 Å². The average Bonchev–Trinajstić information content (AvgIpc) is 3.46. The minimum absolute atomic E-state index is 0. The van der Waals surface area contributed by atoms with Gasteiger partial charge in [-0.05, 0) is 111 Å². The topological polar surface area (TPSA) is 156 Å². The fraction of sp³-hybridized carbons (Fsp3) is 0.767. The van der Waals surface area contributed by atoms with E-state index in [2.05, 4.69) is 23.6 Å². The number of halogens is 6. The lowest BCUT2D eigenvalue weighted by molar-refractivity contribution is -0.284. The van der Waals surface area contributed by atoms with Crippen LogP contribution in [0.1, 0.15) is 121 Å². The quantitative estimate of drug-likeness (QED) is 0.0790. The molecule has 346 valence electrons. The Labute approximate surface area is 364 Å². The number of benzene rings is 1. The van der Waals surface area contributed by atoms with E-state index >= 15 is 0 Å². The first kappa shape index (κ1) is 50.9. The Hall–Kier alpha value is -2.73. The van der Waals surface area contributed by atoms with Gasteiger partial charge in [-0.25, -0.2) is 0 Å². The number of carbonyl (C=O) groups is 4. The summed E-state index contributed by atoms with van der Waals surface area (Å²) in [4.78, 5) is 48.5. The molecule has 4 N–H and O–H groups in total. The molecule has 0 spiro atoms. The Balaban J connectivity index is 0.000000343. The predicted octanol–water partition coefficient (Wildman–Crippen LogP) is 6.40. The average molecular weight is 912 g/mol. The van der Waals surface area contributed by atoms with Crippen molar-refractivity contribution in [2.45, 2.75) is 140 Å². The fourth-order valence-electron chi connectivity index (χ4n) is 10.6. The molecular formula is C43H64ClF5N4O7S. The van der Waals surface area contributed by atoms with Gasteiger partial charge in [0.15, 0.2) is 0 Å². The van der Waals surface area contributed by atoms with E-state index in [0.717, 1.165) is 77.0 Å². The third-order valence-corrected chi connectivity index (χ3v) is 15.2. The number of carbonyl (C=O) groups excluding carboxylic acids is 4.